The summed E-state index contributed by atoms with van der Waals surface area (Å²) in [7, 11) is 0. The third kappa shape index (κ3) is 4.44. The second-order valence-corrected chi connectivity index (χ2v) is 1.96. The maximum atomic E-state index is 11.8. The number of rotatable bonds is 2. The van der Waals surface area contributed by atoms with Gasteiger partial charge in [-0.2, -0.15) is 4.39 Å². The molecule has 0 nitrogen and oxygen atoms in total. The molecule has 0 spiro atoms. The van der Waals surface area contributed by atoms with Crippen LogP contribution in [0.25, 0.3) is 0 Å². The smallest absolute Gasteiger partial charge is 0.210 e. The molecule has 0 heterocycles. The van der Waals surface area contributed by atoms with Gasteiger partial charge in [-0.25, -0.2) is 13.2 Å². The topological polar surface area (TPSA) is 0 Å². The molecule has 0 unspecified atom stereocenters. The Labute approximate surface area is 57.7 Å². The average molecular weight is 207 g/mol. The molecule has 54 valence electrons. The van der Waals surface area contributed by atoms with E-state index in [9.17, 15) is 17.6 Å². The van der Waals surface area contributed by atoms with Crippen LogP contribution in [0, 0.1) is 0 Å². The number of allylic oxidation sites excluding steroid dienone is 1. The van der Waals surface area contributed by atoms with Crippen LogP contribution in [0.4, 0.5) is 17.6 Å². The van der Waals surface area contributed by atoms with Gasteiger partial charge in [0.25, 0.3) is 0 Å². The lowest BCUT2D eigenvalue weighted by atomic mass is 10.4. The molecular formula is C4H3BrF4. The molecule has 0 amide bonds. The van der Waals surface area contributed by atoms with Gasteiger partial charge in [0.2, 0.25) is 6.43 Å². The summed E-state index contributed by atoms with van der Waals surface area (Å²) in [5, 5.41) is 0. The van der Waals surface area contributed by atoms with Gasteiger partial charge in [-0.3, -0.25) is 0 Å². The van der Waals surface area contributed by atoms with Crippen molar-refractivity contribution in [1.29, 1.82) is 0 Å². The highest BCUT2D eigenvalue weighted by Crippen LogP contribution is 2.20. The molecule has 0 bridgehead atoms. The number of halogens is 5. The molecular weight excluding hydrogens is 204 g/mol. The van der Waals surface area contributed by atoms with Crippen LogP contribution in [-0.4, -0.2) is 6.43 Å². The highest BCUT2D eigenvalue weighted by Gasteiger charge is 2.09. The van der Waals surface area contributed by atoms with Crippen molar-refractivity contribution in [3.8, 4) is 0 Å². The van der Waals surface area contributed by atoms with Gasteiger partial charge < -0.3 is 0 Å². The van der Waals surface area contributed by atoms with Crippen LogP contribution in [0.3, 0.4) is 0 Å². The number of hydrogen-bond donors (Lipinski definition) is 0. The molecule has 0 aliphatic carbocycles. The minimum atomic E-state index is -2.84. The monoisotopic (exact) mass is 206 g/mol. The zero-order chi connectivity index (χ0) is 7.44. The van der Waals surface area contributed by atoms with E-state index in [4.69, 9.17) is 0 Å². The normalized spacial score (nSPS) is 14.0. The van der Waals surface area contributed by atoms with Gasteiger partial charge >= 0.3 is 0 Å². The van der Waals surface area contributed by atoms with E-state index in [0.717, 1.165) is 0 Å². The Morgan fingerprint density at radius 1 is 1.33 bits per heavy atom. The van der Waals surface area contributed by atoms with Crippen LogP contribution < -0.4 is 0 Å². The first kappa shape index (κ1) is 8.94. The largest absolute Gasteiger partial charge is 0.245 e. The molecule has 0 saturated heterocycles. The Bertz CT molecular complexity index is 116. The minimum absolute atomic E-state index is 1.17. The number of hydrogen-bond acceptors (Lipinski definition) is 0. The third-order valence-corrected chi connectivity index (χ3v) is 0.969. The van der Waals surface area contributed by atoms with E-state index in [-0.39, 0.29) is 0 Å². The summed E-state index contributed by atoms with van der Waals surface area (Å²) in [5.74, 6) is -1.45. The van der Waals surface area contributed by atoms with Crippen LogP contribution >= 0.6 is 15.9 Å². The second kappa shape index (κ2) is 3.87. The molecule has 9 heavy (non-hydrogen) atoms. The quantitative estimate of drug-likeness (QED) is 0.610. The first-order chi connectivity index (χ1) is 4.04. The Morgan fingerprint density at radius 3 is 1.89 bits per heavy atom. The molecule has 0 aliphatic rings. The zero-order valence-electron chi connectivity index (χ0n) is 4.17. The lowest BCUT2D eigenvalue weighted by molar-refractivity contribution is 0.140. The van der Waals surface area contributed by atoms with Gasteiger partial charge in [0.05, 0.1) is 6.42 Å². The summed E-state index contributed by atoms with van der Waals surface area (Å²) in [4.78, 5) is 0. The summed E-state index contributed by atoms with van der Waals surface area (Å²) >= 11 is 2.07. The van der Waals surface area contributed by atoms with Gasteiger partial charge in [0.1, 0.15) is 5.83 Å². The molecule has 0 aliphatic heterocycles. The van der Waals surface area contributed by atoms with Gasteiger partial charge in [-0.1, -0.05) is 0 Å². The van der Waals surface area contributed by atoms with Crippen molar-refractivity contribution in [3.05, 3.63) is 10.6 Å². The summed E-state index contributed by atoms with van der Waals surface area (Å²) < 4.78 is 44.3. The highest BCUT2D eigenvalue weighted by molar-refractivity contribution is 9.11. The van der Waals surface area contributed by atoms with Gasteiger partial charge in [0.15, 0.2) is 4.74 Å². The highest BCUT2D eigenvalue weighted by atomic mass is 79.9. The molecule has 0 aromatic heterocycles. The Kier molecular flexibility index (Phi) is 3.84. The fraction of sp³-hybridized carbons (Fsp3) is 0.500. The van der Waals surface area contributed by atoms with Crippen LogP contribution in [0.1, 0.15) is 6.42 Å². The molecule has 0 saturated carbocycles. The zero-order valence-corrected chi connectivity index (χ0v) is 5.76. The van der Waals surface area contributed by atoms with Crippen molar-refractivity contribution in [2.45, 2.75) is 12.8 Å². The third-order valence-electron chi connectivity index (χ3n) is 0.539. The summed E-state index contributed by atoms with van der Waals surface area (Å²) in [5.41, 5.74) is 0. The molecule has 0 aromatic carbocycles. The van der Waals surface area contributed by atoms with Gasteiger partial charge in [0, 0.05) is 0 Å². The summed E-state index contributed by atoms with van der Waals surface area (Å²) in [6.07, 6.45) is -4.01. The molecule has 0 atom stereocenters. The standard InChI is InChI=1S/C4H3BrF4/c5-4(9)2(6)1-3(7)8/h3H,1H2/b4-2+. The van der Waals surface area contributed by atoms with E-state index >= 15 is 0 Å². The van der Waals surface area contributed by atoms with E-state index in [1.807, 2.05) is 0 Å². The molecule has 0 aromatic rings. The molecule has 0 N–H and O–H groups in total. The molecule has 0 rings (SSSR count). The molecule has 5 heteroatoms. The van der Waals surface area contributed by atoms with Crippen LogP contribution in [0.2, 0.25) is 0 Å². The minimum Gasteiger partial charge on any atom is -0.210 e. The van der Waals surface area contributed by atoms with E-state index in [1.165, 1.54) is 0 Å². The van der Waals surface area contributed by atoms with Crippen molar-refractivity contribution in [3.63, 3.8) is 0 Å². The summed E-state index contributed by atoms with van der Waals surface area (Å²) in [6, 6.07) is 0. The molecule has 0 radical (unpaired) electrons. The van der Waals surface area contributed by atoms with Crippen molar-refractivity contribution in [2.24, 2.45) is 0 Å². The maximum Gasteiger partial charge on any atom is 0.245 e. The van der Waals surface area contributed by atoms with Crippen molar-refractivity contribution < 1.29 is 17.6 Å². The first-order valence-corrected chi connectivity index (χ1v) is 2.81. The predicted molar refractivity (Wildman–Crippen MR) is 28.8 cm³/mol. The SMILES string of the molecule is F/C(Br)=C(/F)CC(F)F. The van der Waals surface area contributed by atoms with E-state index in [0.29, 0.717) is 0 Å². The average Bonchev–Trinajstić information content (AvgIpc) is 1.63. The lowest BCUT2D eigenvalue weighted by Gasteiger charge is -1.93. The Balaban J connectivity index is 3.77. The first-order valence-electron chi connectivity index (χ1n) is 2.02. The predicted octanol–water partition coefficient (Wildman–Crippen LogP) is 3.14. The lowest BCUT2D eigenvalue weighted by Crippen LogP contribution is -1.89. The maximum absolute atomic E-state index is 11.8. The fourth-order valence-electron chi connectivity index (χ4n) is 0.213. The van der Waals surface area contributed by atoms with Crippen molar-refractivity contribution in [1.82, 2.24) is 0 Å². The van der Waals surface area contributed by atoms with Crippen LogP contribution in [0.5, 0.6) is 0 Å². The van der Waals surface area contributed by atoms with Gasteiger partial charge in [-0.05, 0) is 15.9 Å². The second-order valence-electron chi connectivity index (χ2n) is 1.26. The molecule has 0 fully saturated rings. The Morgan fingerprint density at radius 2 is 1.78 bits per heavy atom. The fourth-order valence-corrected chi connectivity index (χ4v) is 0.374. The number of alkyl halides is 2. The van der Waals surface area contributed by atoms with Gasteiger partial charge in [-0.15, -0.1) is 0 Å². The van der Waals surface area contributed by atoms with E-state index < -0.39 is 23.4 Å². The van der Waals surface area contributed by atoms with E-state index in [1.54, 1.807) is 0 Å². The van der Waals surface area contributed by atoms with Crippen molar-refractivity contribution in [2.75, 3.05) is 0 Å². The van der Waals surface area contributed by atoms with Crippen LogP contribution in [0.15, 0.2) is 10.6 Å². The summed E-state index contributed by atoms with van der Waals surface area (Å²) in [6.45, 7) is 0. The van der Waals surface area contributed by atoms with Crippen LogP contribution in [-0.2, 0) is 0 Å². The Hall–Kier alpha value is -0.0600. The van der Waals surface area contributed by atoms with Crippen molar-refractivity contribution >= 4 is 15.9 Å². The van der Waals surface area contributed by atoms with E-state index in [2.05, 4.69) is 15.9 Å².